The Morgan fingerprint density at radius 1 is 1.47 bits per heavy atom. The number of halogens is 1. The summed E-state index contributed by atoms with van der Waals surface area (Å²) in [5, 5.41) is 4.01. The smallest absolute Gasteiger partial charge is 0.246 e. The van der Waals surface area contributed by atoms with Crippen molar-refractivity contribution in [3.63, 3.8) is 0 Å². The highest BCUT2D eigenvalue weighted by molar-refractivity contribution is 7.89. The van der Waals surface area contributed by atoms with Crippen molar-refractivity contribution in [2.45, 2.75) is 37.1 Å². The molecule has 0 saturated carbocycles. The summed E-state index contributed by atoms with van der Waals surface area (Å²) >= 11 is 0. The second kappa shape index (κ2) is 6.21. The minimum Gasteiger partial charge on any atom is -0.329 e. The number of hydrogen-bond acceptors (Lipinski definition) is 4. The lowest BCUT2D eigenvalue weighted by Gasteiger charge is -2.33. The summed E-state index contributed by atoms with van der Waals surface area (Å²) < 4.78 is 28.3. The average Bonchev–Trinajstić information content (AvgIpc) is 2.70. The third-order valence-electron chi connectivity index (χ3n) is 3.62. The van der Waals surface area contributed by atoms with E-state index in [0.29, 0.717) is 23.7 Å². The molecule has 1 aromatic rings. The molecule has 0 aromatic carbocycles. The van der Waals surface area contributed by atoms with Gasteiger partial charge in [0.1, 0.15) is 4.90 Å². The maximum Gasteiger partial charge on any atom is 0.246 e. The number of hydrogen-bond donors (Lipinski definition) is 1. The summed E-state index contributed by atoms with van der Waals surface area (Å²) in [5.41, 5.74) is 6.35. The van der Waals surface area contributed by atoms with Gasteiger partial charge in [0, 0.05) is 26.2 Å². The van der Waals surface area contributed by atoms with Crippen LogP contribution in [0.2, 0.25) is 0 Å². The van der Waals surface area contributed by atoms with E-state index in [9.17, 15) is 8.42 Å². The van der Waals surface area contributed by atoms with Crippen LogP contribution in [0.3, 0.4) is 0 Å². The standard InChI is InChI=1S/C11H20N4O2S.ClH/c1-9-11(8-13-14(9)2)18(16,17)15-6-4-3-5-10(15)7-12;/h8,10H,3-7,12H2,1-2H3;1H. The number of aromatic nitrogens is 2. The van der Waals surface area contributed by atoms with E-state index < -0.39 is 10.0 Å². The quantitative estimate of drug-likeness (QED) is 0.889. The maximum atomic E-state index is 12.6. The Kier molecular flexibility index (Phi) is 5.37. The van der Waals surface area contributed by atoms with Gasteiger partial charge in [0.2, 0.25) is 10.0 Å². The molecule has 110 valence electrons. The molecule has 1 atom stereocenters. The van der Waals surface area contributed by atoms with Crippen LogP contribution in [0.4, 0.5) is 0 Å². The van der Waals surface area contributed by atoms with Crippen molar-refractivity contribution in [3.05, 3.63) is 11.9 Å². The molecule has 19 heavy (non-hydrogen) atoms. The first kappa shape index (κ1) is 16.4. The first-order chi connectivity index (χ1) is 8.48. The van der Waals surface area contributed by atoms with E-state index in [2.05, 4.69) is 5.10 Å². The fourth-order valence-corrected chi connectivity index (χ4v) is 4.28. The first-order valence-electron chi connectivity index (χ1n) is 6.19. The van der Waals surface area contributed by atoms with Crippen LogP contribution in [0, 0.1) is 6.92 Å². The van der Waals surface area contributed by atoms with E-state index in [1.54, 1.807) is 23.0 Å². The van der Waals surface area contributed by atoms with Gasteiger partial charge in [-0.25, -0.2) is 8.42 Å². The van der Waals surface area contributed by atoms with Gasteiger partial charge in [-0.15, -0.1) is 12.4 Å². The Morgan fingerprint density at radius 2 is 2.16 bits per heavy atom. The predicted molar refractivity (Wildman–Crippen MR) is 75.8 cm³/mol. The number of piperidine rings is 1. The molecule has 2 heterocycles. The Labute approximate surface area is 120 Å². The van der Waals surface area contributed by atoms with Crippen LogP contribution < -0.4 is 5.73 Å². The third-order valence-corrected chi connectivity index (χ3v) is 5.68. The number of rotatable bonds is 3. The molecular weight excluding hydrogens is 288 g/mol. The van der Waals surface area contributed by atoms with Crippen LogP contribution in [0.25, 0.3) is 0 Å². The minimum absolute atomic E-state index is 0. The number of nitrogens with zero attached hydrogens (tertiary/aromatic N) is 3. The highest BCUT2D eigenvalue weighted by atomic mass is 35.5. The zero-order valence-corrected chi connectivity index (χ0v) is 12.9. The van der Waals surface area contributed by atoms with Gasteiger partial charge in [0.25, 0.3) is 0 Å². The minimum atomic E-state index is -3.46. The molecule has 0 aliphatic carbocycles. The van der Waals surface area contributed by atoms with Gasteiger partial charge in [0.05, 0.1) is 11.9 Å². The van der Waals surface area contributed by atoms with E-state index in [1.165, 1.54) is 6.20 Å². The van der Waals surface area contributed by atoms with Gasteiger partial charge < -0.3 is 5.73 Å². The lowest BCUT2D eigenvalue weighted by molar-refractivity contribution is 0.257. The molecule has 8 heteroatoms. The Morgan fingerprint density at radius 3 is 2.68 bits per heavy atom. The first-order valence-corrected chi connectivity index (χ1v) is 7.63. The molecule has 1 aliphatic heterocycles. The highest BCUT2D eigenvalue weighted by Crippen LogP contribution is 2.26. The second-order valence-corrected chi connectivity index (χ2v) is 6.58. The van der Waals surface area contributed by atoms with Crippen molar-refractivity contribution in [1.29, 1.82) is 0 Å². The van der Waals surface area contributed by atoms with Crippen LogP contribution >= 0.6 is 12.4 Å². The molecule has 0 amide bonds. The van der Waals surface area contributed by atoms with E-state index in [0.717, 1.165) is 19.3 Å². The maximum absolute atomic E-state index is 12.6. The zero-order valence-electron chi connectivity index (χ0n) is 11.2. The van der Waals surface area contributed by atoms with Crippen LogP contribution in [-0.2, 0) is 17.1 Å². The molecule has 2 N–H and O–H groups in total. The van der Waals surface area contributed by atoms with E-state index in [-0.39, 0.29) is 18.4 Å². The van der Waals surface area contributed by atoms with Crippen molar-refractivity contribution in [3.8, 4) is 0 Å². The lowest BCUT2D eigenvalue weighted by atomic mass is 10.1. The van der Waals surface area contributed by atoms with Gasteiger partial charge in [-0.3, -0.25) is 4.68 Å². The molecule has 1 fully saturated rings. The second-order valence-electron chi connectivity index (χ2n) is 4.72. The fourth-order valence-electron chi connectivity index (χ4n) is 2.38. The van der Waals surface area contributed by atoms with Crippen LogP contribution in [0.1, 0.15) is 25.0 Å². The van der Waals surface area contributed by atoms with Crippen LogP contribution in [0.15, 0.2) is 11.1 Å². The van der Waals surface area contributed by atoms with Crippen molar-refractivity contribution < 1.29 is 8.42 Å². The normalized spacial score (nSPS) is 21.1. The summed E-state index contributed by atoms with van der Waals surface area (Å²) in [7, 11) is -1.72. The van der Waals surface area contributed by atoms with Crippen LogP contribution in [0.5, 0.6) is 0 Å². The van der Waals surface area contributed by atoms with Gasteiger partial charge in [-0.2, -0.15) is 9.40 Å². The van der Waals surface area contributed by atoms with E-state index in [1.807, 2.05) is 0 Å². The van der Waals surface area contributed by atoms with Crippen molar-refractivity contribution in [2.24, 2.45) is 12.8 Å². The van der Waals surface area contributed by atoms with Gasteiger partial charge >= 0.3 is 0 Å². The summed E-state index contributed by atoms with van der Waals surface area (Å²) in [6, 6.07) is -0.0802. The fraction of sp³-hybridized carbons (Fsp3) is 0.727. The molecule has 0 spiro atoms. The molecule has 1 unspecified atom stereocenters. The van der Waals surface area contributed by atoms with Crippen molar-refractivity contribution in [1.82, 2.24) is 14.1 Å². The number of aryl methyl sites for hydroxylation is 1. The molecular formula is C11H21ClN4O2S. The summed E-state index contributed by atoms with van der Waals surface area (Å²) in [5.74, 6) is 0. The highest BCUT2D eigenvalue weighted by Gasteiger charge is 2.34. The Bertz CT molecular complexity index is 529. The molecule has 1 aromatic heterocycles. The summed E-state index contributed by atoms with van der Waals surface area (Å²) in [6.07, 6.45) is 4.21. The third kappa shape index (κ3) is 2.94. The Balaban J connectivity index is 0.00000180. The summed E-state index contributed by atoms with van der Waals surface area (Å²) in [4.78, 5) is 0.297. The molecule has 0 bridgehead atoms. The molecule has 1 saturated heterocycles. The predicted octanol–water partition coefficient (Wildman–Crippen LogP) is 0.652. The van der Waals surface area contributed by atoms with Crippen molar-refractivity contribution in [2.75, 3.05) is 13.1 Å². The van der Waals surface area contributed by atoms with Crippen LogP contribution in [-0.4, -0.2) is 41.6 Å². The monoisotopic (exact) mass is 308 g/mol. The lowest BCUT2D eigenvalue weighted by Crippen LogP contribution is -2.47. The zero-order chi connectivity index (χ0) is 13.3. The van der Waals surface area contributed by atoms with Crippen molar-refractivity contribution >= 4 is 22.4 Å². The van der Waals surface area contributed by atoms with E-state index in [4.69, 9.17) is 5.73 Å². The molecule has 6 nitrogen and oxygen atoms in total. The van der Waals surface area contributed by atoms with Gasteiger partial charge in [-0.05, 0) is 19.8 Å². The number of nitrogens with two attached hydrogens (primary N) is 1. The molecule has 0 radical (unpaired) electrons. The van der Waals surface area contributed by atoms with Gasteiger partial charge in [-0.1, -0.05) is 6.42 Å². The SMILES string of the molecule is Cc1c(S(=O)(=O)N2CCCCC2CN)cnn1C.Cl. The average molecular weight is 309 g/mol. The molecule has 2 rings (SSSR count). The topological polar surface area (TPSA) is 81.2 Å². The largest absolute Gasteiger partial charge is 0.329 e. The van der Waals surface area contributed by atoms with E-state index >= 15 is 0 Å². The summed E-state index contributed by atoms with van der Waals surface area (Å²) in [6.45, 7) is 2.69. The number of sulfonamides is 1. The molecule has 1 aliphatic rings. The van der Waals surface area contributed by atoms with Gasteiger partial charge in [0.15, 0.2) is 0 Å². The Hall–Kier alpha value is -0.630.